The largest absolute Gasteiger partial charge is 0.366 e. The van der Waals surface area contributed by atoms with Crippen LogP contribution in [0.15, 0.2) is 72.8 Å². The molecule has 2 N–H and O–H groups in total. The van der Waals surface area contributed by atoms with Gasteiger partial charge in [-0.3, -0.25) is 14.5 Å². The molecule has 0 saturated heterocycles. The third kappa shape index (κ3) is 3.48. The van der Waals surface area contributed by atoms with Crippen LogP contribution in [0.1, 0.15) is 20.0 Å². The van der Waals surface area contributed by atoms with Gasteiger partial charge in [-0.05, 0) is 42.5 Å². The number of nitrogens with two attached hydrogens (primary N) is 1. The summed E-state index contributed by atoms with van der Waals surface area (Å²) in [6.07, 6.45) is 0. The maximum atomic E-state index is 13.6. The fourth-order valence-corrected chi connectivity index (χ4v) is 4.53. The molecule has 4 rings (SSSR count). The highest BCUT2D eigenvalue weighted by Crippen LogP contribution is 2.39. The van der Waals surface area contributed by atoms with Gasteiger partial charge in [0.25, 0.3) is 11.8 Å². The van der Waals surface area contributed by atoms with E-state index in [1.54, 1.807) is 18.2 Å². The van der Waals surface area contributed by atoms with Gasteiger partial charge in [-0.25, -0.2) is 4.39 Å². The molecular formula is C22H14ClFN2O2S. The third-order valence-electron chi connectivity index (χ3n) is 4.43. The molecule has 0 atom stereocenters. The van der Waals surface area contributed by atoms with E-state index in [0.29, 0.717) is 21.3 Å². The second kappa shape index (κ2) is 7.66. The molecule has 0 aliphatic carbocycles. The lowest BCUT2D eigenvalue weighted by Crippen LogP contribution is -2.28. The standard InChI is InChI=1S/C22H14ClFN2O2S/c23-19-16-6-2-4-8-18(16)29-20(19)22(28)26(14-11-9-13(24)10-12-14)17-7-3-1-5-15(17)21(25)27/h1-12H,(H2,25,27). The lowest BCUT2D eigenvalue weighted by Gasteiger charge is -2.24. The average Bonchev–Trinajstić information content (AvgIpc) is 3.07. The maximum Gasteiger partial charge on any atom is 0.274 e. The Kier molecular flexibility index (Phi) is 5.05. The molecule has 4 aromatic rings. The molecule has 29 heavy (non-hydrogen) atoms. The molecule has 1 heterocycles. The van der Waals surface area contributed by atoms with Crippen LogP contribution < -0.4 is 10.6 Å². The van der Waals surface area contributed by atoms with Gasteiger partial charge < -0.3 is 5.73 Å². The second-order valence-electron chi connectivity index (χ2n) is 6.24. The Morgan fingerprint density at radius 1 is 0.931 bits per heavy atom. The highest BCUT2D eigenvalue weighted by Gasteiger charge is 2.27. The average molecular weight is 425 g/mol. The molecule has 0 radical (unpaired) electrons. The van der Waals surface area contributed by atoms with Gasteiger partial charge in [-0.1, -0.05) is 41.9 Å². The molecule has 144 valence electrons. The van der Waals surface area contributed by atoms with E-state index in [2.05, 4.69) is 0 Å². The van der Waals surface area contributed by atoms with Crippen molar-refractivity contribution >= 4 is 56.2 Å². The first-order valence-corrected chi connectivity index (χ1v) is 9.82. The van der Waals surface area contributed by atoms with Gasteiger partial charge in [0.05, 0.1) is 16.3 Å². The van der Waals surface area contributed by atoms with E-state index in [1.165, 1.54) is 46.6 Å². The predicted octanol–water partition coefficient (Wildman–Crippen LogP) is 5.77. The van der Waals surface area contributed by atoms with Crippen LogP contribution in [0.4, 0.5) is 15.8 Å². The van der Waals surface area contributed by atoms with Crippen molar-refractivity contribution in [3.8, 4) is 0 Å². The molecule has 0 aliphatic rings. The number of primary amides is 1. The number of para-hydroxylation sites is 1. The Hall–Kier alpha value is -3.22. The maximum absolute atomic E-state index is 13.6. The first-order valence-electron chi connectivity index (χ1n) is 8.63. The normalized spacial score (nSPS) is 10.8. The van der Waals surface area contributed by atoms with Crippen molar-refractivity contribution in [3.05, 3.63) is 94.1 Å². The molecule has 3 aromatic carbocycles. The summed E-state index contributed by atoms with van der Waals surface area (Å²) < 4.78 is 14.4. The van der Waals surface area contributed by atoms with Crippen LogP contribution in [-0.2, 0) is 0 Å². The number of nitrogens with zero attached hydrogens (tertiary/aromatic N) is 1. The lowest BCUT2D eigenvalue weighted by atomic mass is 10.1. The van der Waals surface area contributed by atoms with Crippen LogP contribution in [0.25, 0.3) is 10.1 Å². The van der Waals surface area contributed by atoms with Crippen molar-refractivity contribution in [2.75, 3.05) is 4.90 Å². The number of benzene rings is 3. The van der Waals surface area contributed by atoms with Crippen LogP contribution in [0.5, 0.6) is 0 Å². The highest BCUT2D eigenvalue weighted by atomic mass is 35.5. The Morgan fingerprint density at radius 2 is 1.59 bits per heavy atom. The van der Waals surface area contributed by atoms with E-state index in [-0.39, 0.29) is 5.56 Å². The van der Waals surface area contributed by atoms with Gasteiger partial charge in [-0.2, -0.15) is 0 Å². The monoisotopic (exact) mass is 424 g/mol. The number of carbonyl (C=O) groups excluding carboxylic acids is 2. The van der Waals surface area contributed by atoms with E-state index < -0.39 is 17.6 Å². The minimum Gasteiger partial charge on any atom is -0.366 e. The summed E-state index contributed by atoms with van der Waals surface area (Å²) in [4.78, 5) is 27.2. The summed E-state index contributed by atoms with van der Waals surface area (Å²) >= 11 is 7.76. The fourth-order valence-electron chi connectivity index (χ4n) is 3.09. The first-order chi connectivity index (χ1) is 14.0. The van der Waals surface area contributed by atoms with Crippen LogP contribution in [0.3, 0.4) is 0 Å². The number of halogens is 2. The number of hydrogen-bond acceptors (Lipinski definition) is 3. The molecule has 0 spiro atoms. The Balaban J connectivity index is 1.93. The van der Waals surface area contributed by atoms with Gasteiger partial charge in [0.2, 0.25) is 0 Å². The number of anilines is 2. The van der Waals surface area contributed by atoms with Crippen molar-refractivity contribution in [2.24, 2.45) is 5.73 Å². The summed E-state index contributed by atoms with van der Waals surface area (Å²) in [5, 5.41) is 1.10. The van der Waals surface area contributed by atoms with Crippen LogP contribution >= 0.6 is 22.9 Å². The van der Waals surface area contributed by atoms with E-state index >= 15 is 0 Å². The quantitative estimate of drug-likeness (QED) is 0.452. The Labute approximate surface area is 174 Å². The van der Waals surface area contributed by atoms with E-state index in [0.717, 1.165) is 10.1 Å². The number of amides is 2. The zero-order chi connectivity index (χ0) is 20.5. The van der Waals surface area contributed by atoms with Crippen LogP contribution in [0, 0.1) is 5.82 Å². The highest BCUT2D eigenvalue weighted by molar-refractivity contribution is 7.21. The van der Waals surface area contributed by atoms with E-state index in [1.807, 2.05) is 24.3 Å². The fraction of sp³-hybridized carbons (Fsp3) is 0. The molecule has 0 saturated carbocycles. The van der Waals surface area contributed by atoms with Crippen molar-refractivity contribution in [2.45, 2.75) is 0 Å². The van der Waals surface area contributed by atoms with Crippen LogP contribution in [0.2, 0.25) is 5.02 Å². The van der Waals surface area contributed by atoms with E-state index in [4.69, 9.17) is 17.3 Å². The van der Waals surface area contributed by atoms with Gasteiger partial charge in [0.15, 0.2) is 0 Å². The Morgan fingerprint density at radius 3 is 2.28 bits per heavy atom. The zero-order valence-electron chi connectivity index (χ0n) is 14.9. The SMILES string of the molecule is NC(=O)c1ccccc1N(C(=O)c1sc2ccccc2c1Cl)c1ccc(F)cc1. The number of thiophene rings is 1. The van der Waals surface area contributed by atoms with E-state index in [9.17, 15) is 14.0 Å². The van der Waals surface area contributed by atoms with Gasteiger partial charge in [0.1, 0.15) is 10.7 Å². The summed E-state index contributed by atoms with van der Waals surface area (Å²) in [6, 6.07) is 19.3. The number of hydrogen-bond donors (Lipinski definition) is 1. The second-order valence-corrected chi connectivity index (χ2v) is 7.67. The molecule has 7 heteroatoms. The molecule has 0 bridgehead atoms. The first kappa shape index (κ1) is 19.1. The number of fused-ring (bicyclic) bond motifs is 1. The summed E-state index contributed by atoms with van der Waals surface area (Å²) in [6.45, 7) is 0. The molecule has 0 fully saturated rings. The van der Waals surface area contributed by atoms with Crippen LogP contribution in [-0.4, -0.2) is 11.8 Å². The molecule has 1 aromatic heterocycles. The van der Waals surface area contributed by atoms with Crippen molar-refractivity contribution in [1.29, 1.82) is 0 Å². The predicted molar refractivity (Wildman–Crippen MR) is 115 cm³/mol. The van der Waals surface area contributed by atoms with Crippen molar-refractivity contribution < 1.29 is 14.0 Å². The third-order valence-corrected chi connectivity index (χ3v) is 6.09. The van der Waals surface area contributed by atoms with Gasteiger partial charge in [-0.15, -0.1) is 11.3 Å². The minimum atomic E-state index is -0.678. The Bertz CT molecular complexity index is 1240. The topological polar surface area (TPSA) is 63.4 Å². The zero-order valence-corrected chi connectivity index (χ0v) is 16.5. The van der Waals surface area contributed by atoms with Gasteiger partial charge >= 0.3 is 0 Å². The lowest BCUT2D eigenvalue weighted by molar-refractivity contribution is 0.100. The van der Waals surface area contributed by atoms with Crippen molar-refractivity contribution in [3.63, 3.8) is 0 Å². The summed E-state index contributed by atoms with van der Waals surface area (Å²) in [5.41, 5.74) is 6.38. The molecule has 4 nitrogen and oxygen atoms in total. The van der Waals surface area contributed by atoms with Crippen molar-refractivity contribution in [1.82, 2.24) is 0 Å². The van der Waals surface area contributed by atoms with Gasteiger partial charge in [0, 0.05) is 15.8 Å². The molecule has 0 unspecified atom stereocenters. The molecule has 2 amide bonds. The summed E-state index contributed by atoms with van der Waals surface area (Å²) in [7, 11) is 0. The molecular weight excluding hydrogens is 411 g/mol. The number of carbonyl (C=O) groups is 2. The number of rotatable bonds is 4. The molecule has 0 aliphatic heterocycles. The summed E-state index contributed by atoms with van der Waals surface area (Å²) in [5.74, 6) is -1.55. The smallest absolute Gasteiger partial charge is 0.274 e. The minimum absolute atomic E-state index is 0.169.